The van der Waals surface area contributed by atoms with Crippen LogP contribution in [0.2, 0.25) is 0 Å². The lowest BCUT2D eigenvalue weighted by Crippen LogP contribution is -2.27. The summed E-state index contributed by atoms with van der Waals surface area (Å²) in [4.78, 5) is 26.3. The highest BCUT2D eigenvalue weighted by atomic mass is 32.1. The van der Waals surface area contributed by atoms with Crippen molar-refractivity contribution in [3.05, 3.63) is 23.5 Å². The molecular formula is C16H19F2N5O3S. The van der Waals surface area contributed by atoms with Gasteiger partial charge in [-0.25, -0.2) is 4.98 Å². The summed E-state index contributed by atoms with van der Waals surface area (Å²) in [6, 6.07) is 0.407. The van der Waals surface area contributed by atoms with Crippen LogP contribution in [-0.2, 0) is 11.3 Å². The van der Waals surface area contributed by atoms with E-state index in [1.54, 1.807) is 6.20 Å². The first-order valence-corrected chi connectivity index (χ1v) is 9.10. The van der Waals surface area contributed by atoms with Gasteiger partial charge in [0.25, 0.3) is 0 Å². The number of thiazole rings is 1. The quantitative estimate of drug-likeness (QED) is 0.765. The van der Waals surface area contributed by atoms with Crippen molar-refractivity contribution in [3.8, 4) is 11.8 Å². The maximum atomic E-state index is 12.1. The molecule has 2 aromatic rings. The Bertz CT molecular complexity index is 774. The van der Waals surface area contributed by atoms with Crippen molar-refractivity contribution in [2.45, 2.75) is 45.6 Å². The Morgan fingerprint density at radius 1 is 1.37 bits per heavy atom. The lowest BCUT2D eigenvalue weighted by atomic mass is 10.2. The third-order valence-corrected chi connectivity index (χ3v) is 4.86. The zero-order chi connectivity index (χ0) is 19.4. The van der Waals surface area contributed by atoms with Crippen LogP contribution in [0.5, 0.6) is 11.8 Å². The number of carbonyl (C=O) groups excluding carboxylic acids is 1. The van der Waals surface area contributed by atoms with Gasteiger partial charge in [0.1, 0.15) is 6.10 Å². The summed E-state index contributed by atoms with van der Waals surface area (Å²) < 4.78 is 34.2. The number of ether oxygens (including phenoxy) is 2. The van der Waals surface area contributed by atoms with E-state index in [-0.39, 0.29) is 29.8 Å². The van der Waals surface area contributed by atoms with Crippen LogP contribution in [-0.4, -0.2) is 51.1 Å². The molecule has 2 aromatic heterocycles. The standard InChI is InChI=1S/C16H19F2N5O3S/c1-9-3-11(26-15-19-4-12(5-20-15)25-14(17)18)7-23(9)8-13-6-21-16(27-13)22-10(2)24/h4-6,9,11,14H,3,7-8H2,1-2H3,(H,21,22,24)/t9-,11+/m0/s1. The zero-order valence-electron chi connectivity index (χ0n) is 14.8. The van der Waals surface area contributed by atoms with Crippen LogP contribution >= 0.6 is 11.3 Å². The van der Waals surface area contributed by atoms with Gasteiger partial charge in [0, 0.05) is 43.5 Å². The van der Waals surface area contributed by atoms with E-state index in [1.165, 1.54) is 18.3 Å². The monoisotopic (exact) mass is 399 g/mol. The molecule has 0 radical (unpaired) electrons. The summed E-state index contributed by atoms with van der Waals surface area (Å²) in [7, 11) is 0. The van der Waals surface area contributed by atoms with E-state index >= 15 is 0 Å². The van der Waals surface area contributed by atoms with Crippen LogP contribution < -0.4 is 14.8 Å². The van der Waals surface area contributed by atoms with Crippen LogP contribution in [0.15, 0.2) is 18.6 Å². The Kier molecular flexibility index (Phi) is 6.11. The van der Waals surface area contributed by atoms with Gasteiger partial charge in [0.05, 0.1) is 12.4 Å². The molecule has 11 heteroatoms. The second-order valence-corrected chi connectivity index (χ2v) is 7.26. The summed E-state index contributed by atoms with van der Waals surface area (Å²) >= 11 is 1.44. The minimum absolute atomic E-state index is 0.107. The average molecular weight is 399 g/mol. The number of nitrogens with one attached hydrogen (secondary N) is 1. The summed E-state index contributed by atoms with van der Waals surface area (Å²) in [5, 5.41) is 3.25. The number of aromatic nitrogens is 3. The second kappa shape index (κ2) is 8.53. The number of hydrogen-bond donors (Lipinski definition) is 1. The molecule has 0 aliphatic carbocycles. The number of likely N-dealkylation sites (tertiary alicyclic amines) is 1. The molecule has 27 heavy (non-hydrogen) atoms. The molecule has 2 atom stereocenters. The van der Waals surface area contributed by atoms with Crippen molar-refractivity contribution in [2.75, 3.05) is 11.9 Å². The highest BCUT2D eigenvalue weighted by Gasteiger charge is 2.31. The average Bonchev–Trinajstić information content (AvgIpc) is 3.15. The largest absolute Gasteiger partial charge is 0.459 e. The highest BCUT2D eigenvalue weighted by molar-refractivity contribution is 7.15. The van der Waals surface area contributed by atoms with Crippen LogP contribution in [0, 0.1) is 0 Å². The number of carbonyl (C=O) groups is 1. The summed E-state index contributed by atoms with van der Waals surface area (Å²) in [5.74, 6) is -0.261. The first kappa shape index (κ1) is 19.4. The molecule has 1 aliphatic heterocycles. The zero-order valence-corrected chi connectivity index (χ0v) is 15.6. The van der Waals surface area contributed by atoms with Crippen molar-refractivity contribution in [1.82, 2.24) is 19.9 Å². The van der Waals surface area contributed by atoms with E-state index in [4.69, 9.17) is 4.74 Å². The number of amides is 1. The number of anilines is 1. The Labute approximate surface area is 158 Å². The molecular weight excluding hydrogens is 380 g/mol. The first-order valence-electron chi connectivity index (χ1n) is 8.29. The van der Waals surface area contributed by atoms with Gasteiger partial charge in [-0.3, -0.25) is 9.69 Å². The maximum Gasteiger partial charge on any atom is 0.387 e. The van der Waals surface area contributed by atoms with Gasteiger partial charge in [-0.05, 0) is 6.92 Å². The molecule has 1 aliphatic rings. The fraction of sp³-hybridized carbons (Fsp3) is 0.500. The molecule has 1 amide bonds. The summed E-state index contributed by atoms with van der Waals surface area (Å²) in [5.41, 5.74) is 0. The molecule has 146 valence electrons. The van der Waals surface area contributed by atoms with Gasteiger partial charge in [-0.15, -0.1) is 11.3 Å². The Morgan fingerprint density at radius 3 is 2.78 bits per heavy atom. The predicted molar refractivity (Wildman–Crippen MR) is 94.0 cm³/mol. The third-order valence-electron chi connectivity index (χ3n) is 3.96. The molecule has 0 spiro atoms. The number of hydrogen-bond acceptors (Lipinski definition) is 8. The van der Waals surface area contributed by atoms with E-state index < -0.39 is 6.61 Å². The van der Waals surface area contributed by atoms with Crippen molar-refractivity contribution >= 4 is 22.4 Å². The van der Waals surface area contributed by atoms with E-state index in [9.17, 15) is 13.6 Å². The molecule has 0 saturated carbocycles. The second-order valence-electron chi connectivity index (χ2n) is 6.15. The molecule has 0 unspecified atom stereocenters. The summed E-state index contributed by atoms with van der Waals surface area (Å²) in [6.45, 7) is 2.00. The molecule has 3 heterocycles. The Morgan fingerprint density at radius 2 is 2.11 bits per heavy atom. The van der Waals surface area contributed by atoms with Crippen LogP contribution in [0.4, 0.5) is 13.9 Å². The number of rotatable bonds is 7. The van der Waals surface area contributed by atoms with Crippen LogP contribution in [0.3, 0.4) is 0 Å². The van der Waals surface area contributed by atoms with E-state index in [0.717, 1.165) is 23.7 Å². The van der Waals surface area contributed by atoms with Gasteiger partial charge in [0.2, 0.25) is 5.91 Å². The van der Waals surface area contributed by atoms with Crippen molar-refractivity contribution in [1.29, 1.82) is 0 Å². The maximum absolute atomic E-state index is 12.1. The molecule has 8 nitrogen and oxygen atoms in total. The fourth-order valence-electron chi connectivity index (χ4n) is 2.82. The number of alkyl halides is 2. The highest BCUT2D eigenvalue weighted by Crippen LogP contribution is 2.26. The number of nitrogens with zero attached hydrogens (tertiary/aromatic N) is 4. The third kappa shape index (κ3) is 5.54. The van der Waals surface area contributed by atoms with Gasteiger partial charge in [-0.1, -0.05) is 0 Å². The van der Waals surface area contributed by atoms with Crippen LogP contribution in [0.25, 0.3) is 0 Å². The normalized spacial score (nSPS) is 20.0. The molecule has 1 saturated heterocycles. The van der Waals surface area contributed by atoms with Crippen molar-refractivity contribution < 1.29 is 23.0 Å². The van der Waals surface area contributed by atoms with Crippen molar-refractivity contribution in [2.24, 2.45) is 0 Å². The first-order chi connectivity index (χ1) is 12.9. The minimum atomic E-state index is -2.91. The minimum Gasteiger partial charge on any atom is -0.459 e. The molecule has 3 rings (SSSR count). The summed E-state index contributed by atoms with van der Waals surface area (Å²) in [6.07, 6.45) is 4.75. The topological polar surface area (TPSA) is 89.5 Å². The van der Waals surface area contributed by atoms with Gasteiger partial charge < -0.3 is 14.8 Å². The lowest BCUT2D eigenvalue weighted by Gasteiger charge is -2.19. The van der Waals surface area contributed by atoms with Crippen molar-refractivity contribution in [3.63, 3.8) is 0 Å². The van der Waals surface area contributed by atoms with E-state index in [1.807, 2.05) is 0 Å². The van der Waals surface area contributed by atoms with Crippen LogP contribution in [0.1, 0.15) is 25.1 Å². The molecule has 0 bridgehead atoms. The number of halogens is 2. The fourth-order valence-corrected chi connectivity index (χ4v) is 3.70. The SMILES string of the molecule is CC(=O)Nc1ncc(CN2C[C@H](Oc3ncc(OC(F)F)cn3)C[C@@H]2C)s1. The predicted octanol–water partition coefficient (Wildman–Crippen LogP) is 2.53. The van der Waals surface area contributed by atoms with Gasteiger partial charge in [0.15, 0.2) is 10.9 Å². The van der Waals surface area contributed by atoms with E-state index in [2.05, 4.69) is 36.8 Å². The Hall–Kier alpha value is -2.40. The lowest BCUT2D eigenvalue weighted by molar-refractivity contribution is -0.114. The molecule has 1 fully saturated rings. The van der Waals surface area contributed by atoms with Gasteiger partial charge >= 0.3 is 12.6 Å². The smallest absolute Gasteiger partial charge is 0.387 e. The molecule has 0 aromatic carbocycles. The Balaban J connectivity index is 1.53. The molecule has 1 N–H and O–H groups in total. The van der Waals surface area contributed by atoms with Gasteiger partial charge in [-0.2, -0.15) is 18.7 Å². The van der Waals surface area contributed by atoms with E-state index in [0.29, 0.717) is 18.2 Å².